The molecule has 3 heterocycles. The van der Waals surface area contributed by atoms with Gasteiger partial charge in [0.1, 0.15) is 12.2 Å². The minimum Gasteiger partial charge on any atom is -0.387 e. The number of ether oxygens (including phenoxy) is 2. The lowest BCUT2D eigenvalue weighted by Gasteiger charge is -2.24. The Morgan fingerprint density at radius 2 is 2.28 bits per heavy atom. The summed E-state index contributed by atoms with van der Waals surface area (Å²) < 4.78 is 27.2. The van der Waals surface area contributed by atoms with Gasteiger partial charge in [0.15, 0.2) is 35.2 Å². The number of aromatic nitrogens is 4. The van der Waals surface area contributed by atoms with Crippen LogP contribution in [0, 0.1) is 0 Å². The van der Waals surface area contributed by atoms with Gasteiger partial charge in [0.25, 0.3) is 0 Å². The first kappa shape index (κ1) is 17.7. The number of rotatable bonds is 5. The Morgan fingerprint density at radius 1 is 1.56 bits per heavy atom. The molecule has 0 amide bonds. The number of anilines is 2. The minimum atomic E-state index is -2.14. The molecule has 0 saturated carbocycles. The maximum Gasteiger partial charge on any atom is 0.224 e. The maximum absolute atomic E-state index is 15.2. The van der Waals surface area contributed by atoms with Crippen molar-refractivity contribution >= 4 is 22.9 Å². The lowest BCUT2D eigenvalue weighted by molar-refractivity contribution is -0.134. The van der Waals surface area contributed by atoms with Crippen LogP contribution in [-0.2, 0) is 9.47 Å². The van der Waals surface area contributed by atoms with Gasteiger partial charge in [-0.2, -0.15) is 9.97 Å². The van der Waals surface area contributed by atoms with Crippen LogP contribution in [-0.4, -0.2) is 67.6 Å². The van der Waals surface area contributed by atoms with Gasteiger partial charge in [0.2, 0.25) is 5.95 Å². The number of halogens is 1. The summed E-state index contributed by atoms with van der Waals surface area (Å²) >= 11 is 0. The van der Waals surface area contributed by atoms with Crippen LogP contribution in [0.4, 0.5) is 16.2 Å². The number of fused-ring (bicyclic) bond motifs is 1. The second-order valence-electron chi connectivity index (χ2n) is 6.06. The molecule has 0 bridgehead atoms. The summed E-state index contributed by atoms with van der Waals surface area (Å²) in [6.07, 6.45) is -3.33. The van der Waals surface area contributed by atoms with E-state index in [1.165, 1.54) is 24.7 Å². The molecule has 2 aromatic rings. The first-order valence-electron chi connectivity index (χ1n) is 7.75. The van der Waals surface area contributed by atoms with Gasteiger partial charge in [-0.1, -0.05) is 0 Å². The zero-order chi connectivity index (χ0) is 18.4. The Balaban J connectivity index is 1.98. The van der Waals surface area contributed by atoms with Gasteiger partial charge in [-0.15, -0.1) is 0 Å². The number of hydrogen-bond acceptors (Lipinski definition) is 9. The summed E-state index contributed by atoms with van der Waals surface area (Å²) in [5, 5.41) is 22.3. The van der Waals surface area contributed by atoms with E-state index in [2.05, 4.69) is 20.3 Å². The van der Waals surface area contributed by atoms with E-state index in [1.54, 1.807) is 7.05 Å². The number of nitrogens with zero attached hydrogens (tertiary/aromatic N) is 4. The highest BCUT2D eigenvalue weighted by atomic mass is 19.1. The van der Waals surface area contributed by atoms with E-state index < -0.39 is 30.4 Å². The predicted octanol–water partition coefficient (Wildman–Crippen LogP) is -0.208. The summed E-state index contributed by atoms with van der Waals surface area (Å²) in [6, 6.07) is 0. The highest BCUT2D eigenvalue weighted by Gasteiger charge is 2.55. The third-order valence-electron chi connectivity index (χ3n) is 4.15. The molecule has 5 atom stereocenters. The molecule has 2 aromatic heterocycles. The molecule has 3 rings (SSSR count). The van der Waals surface area contributed by atoms with Crippen molar-refractivity contribution in [1.82, 2.24) is 19.5 Å². The molecule has 1 unspecified atom stereocenters. The Hall–Kier alpha value is -2.08. The van der Waals surface area contributed by atoms with Crippen LogP contribution in [0.15, 0.2) is 6.33 Å². The highest BCUT2D eigenvalue weighted by Crippen LogP contribution is 2.42. The number of nitrogens with one attached hydrogen (secondary N) is 1. The van der Waals surface area contributed by atoms with Crippen molar-refractivity contribution in [2.45, 2.75) is 44.2 Å². The number of hydrogen-bond donors (Lipinski definition) is 4. The van der Waals surface area contributed by atoms with E-state index in [4.69, 9.17) is 15.2 Å². The molecule has 1 aliphatic heterocycles. The molecule has 1 fully saturated rings. The molecule has 0 aliphatic carbocycles. The van der Waals surface area contributed by atoms with Crippen molar-refractivity contribution in [3.8, 4) is 0 Å². The van der Waals surface area contributed by atoms with Crippen molar-refractivity contribution in [3.63, 3.8) is 0 Å². The van der Waals surface area contributed by atoms with Crippen LogP contribution in [0.3, 0.4) is 0 Å². The van der Waals surface area contributed by atoms with Gasteiger partial charge in [-0.25, -0.2) is 9.37 Å². The molecule has 1 aliphatic rings. The van der Waals surface area contributed by atoms with Crippen molar-refractivity contribution in [3.05, 3.63) is 6.33 Å². The van der Waals surface area contributed by atoms with Crippen LogP contribution in [0.1, 0.15) is 20.1 Å². The fourth-order valence-electron chi connectivity index (χ4n) is 2.86. The molecule has 138 valence electrons. The van der Waals surface area contributed by atoms with E-state index in [9.17, 15) is 10.2 Å². The molecule has 0 radical (unpaired) electrons. The molecule has 11 heteroatoms. The smallest absolute Gasteiger partial charge is 0.224 e. The van der Waals surface area contributed by atoms with Crippen LogP contribution >= 0.6 is 0 Å². The molecular formula is C14H21FN6O4. The van der Waals surface area contributed by atoms with Crippen LogP contribution in [0.25, 0.3) is 11.2 Å². The zero-order valence-corrected chi connectivity index (χ0v) is 14.0. The highest BCUT2D eigenvalue weighted by molar-refractivity contribution is 5.84. The standard InChI is InChI=1S/C14H21FN6O4/c1-6(22)24-4-7-9(23)14(2,15)12(25-7)21-5-18-8-10(17-3)19-13(16)20-11(8)21/h5-7,9,12,22-23H,4H2,1-3H3,(H3,16,17,19,20)/t6?,7-,9-,12-,14-/m1/s1. The topological polar surface area (TPSA) is 141 Å². The number of aliphatic hydroxyl groups is 2. The summed E-state index contributed by atoms with van der Waals surface area (Å²) in [7, 11) is 1.65. The SMILES string of the molecule is CNc1nc(N)nc2c1ncn2[C@@H]1O[C@H](COC(C)O)[C@@H](O)[C@@]1(C)F. The normalized spacial score (nSPS) is 30.7. The third kappa shape index (κ3) is 2.99. The average molecular weight is 356 g/mol. The van der Waals surface area contributed by atoms with Crippen LogP contribution in [0.2, 0.25) is 0 Å². The Labute approximate surface area is 142 Å². The molecule has 0 spiro atoms. The monoisotopic (exact) mass is 356 g/mol. The minimum absolute atomic E-state index is 0.00769. The predicted molar refractivity (Wildman–Crippen MR) is 86.3 cm³/mol. The molecule has 0 aromatic carbocycles. The van der Waals surface area contributed by atoms with Crippen LogP contribution in [0.5, 0.6) is 0 Å². The van der Waals surface area contributed by atoms with Crippen LogP contribution < -0.4 is 11.1 Å². The van der Waals surface area contributed by atoms with E-state index >= 15 is 4.39 Å². The lowest BCUT2D eigenvalue weighted by Crippen LogP contribution is -2.41. The van der Waals surface area contributed by atoms with E-state index in [0.717, 1.165) is 0 Å². The second-order valence-corrected chi connectivity index (χ2v) is 6.06. The summed E-state index contributed by atoms with van der Waals surface area (Å²) in [4.78, 5) is 12.3. The lowest BCUT2D eigenvalue weighted by atomic mass is 9.98. The first-order valence-corrected chi connectivity index (χ1v) is 7.75. The second kappa shape index (κ2) is 6.33. The Bertz CT molecular complexity index is 767. The Morgan fingerprint density at radius 3 is 2.92 bits per heavy atom. The fourth-order valence-corrected chi connectivity index (χ4v) is 2.86. The van der Waals surface area contributed by atoms with Gasteiger partial charge in [-0.3, -0.25) is 4.57 Å². The zero-order valence-electron chi connectivity index (χ0n) is 14.0. The van der Waals surface area contributed by atoms with E-state index in [1.807, 2.05) is 0 Å². The molecular weight excluding hydrogens is 335 g/mol. The summed E-state index contributed by atoms with van der Waals surface area (Å²) in [5.41, 5.74) is 4.23. The number of nitrogens with two attached hydrogens (primary N) is 1. The largest absolute Gasteiger partial charge is 0.387 e. The van der Waals surface area contributed by atoms with Gasteiger partial charge >= 0.3 is 0 Å². The van der Waals surface area contributed by atoms with Gasteiger partial charge in [-0.05, 0) is 13.8 Å². The van der Waals surface area contributed by atoms with E-state index in [0.29, 0.717) is 11.3 Å². The number of nitrogen functional groups attached to an aromatic ring is 1. The molecule has 25 heavy (non-hydrogen) atoms. The van der Waals surface area contributed by atoms with Gasteiger partial charge in [0, 0.05) is 7.05 Å². The average Bonchev–Trinajstić information content (AvgIpc) is 3.05. The van der Waals surface area contributed by atoms with Crippen molar-refractivity contribution in [2.75, 3.05) is 24.7 Å². The van der Waals surface area contributed by atoms with Crippen molar-refractivity contribution in [1.29, 1.82) is 0 Å². The van der Waals surface area contributed by atoms with E-state index in [-0.39, 0.29) is 18.2 Å². The molecule has 10 nitrogen and oxygen atoms in total. The van der Waals surface area contributed by atoms with Crippen molar-refractivity contribution in [2.24, 2.45) is 0 Å². The molecule has 5 N–H and O–H groups in total. The third-order valence-corrected chi connectivity index (χ3v) is 4.15. The maximum atomic E-state index is 15.2. The number of imidazole rings is 1. The quantitative estimate of drug-likeness (QED) is 0.536. The first-order chi connectivity index (χ1) is 11.8. The molecule has 1 saturated heterocycles. The fraction of sp³-hybridized carbons (Fsp3) is 0.643. The summed E-state index contributed by atoms with van der Waals surface area (Å²) in [5.74, 6) is 0.390. The number of alkyl halides is 1. The summed E-state index contributed by atoms with van der Waals surface area (Å²) in [6.45, 7) is 2.47. The Kier molecular flexibility index (Phi) is 4.49. The van der Waals surface area contributed by atoms with Gasteiger partial charge < -0.3 is 30.7 Å². The van der Waals surface area contributed by atoms with Crippen molar-refractivity contribution < 1.29 is 24.1 Å². The van der Waals surface area contributed by atoms with Gasteiger partial charge in [0.05, 0.1) is 12.9 Å². The number of aliphatic hydroxyl groups excluding tert-OH is 2.